The monoisotopic (exact) mass is 266 g/mol. The lowest BCUT2D eigenvalue weighted by atomic mass is 10.1. The Labute approximate surface area is 103 Å². The normalized spacial score (nSPS) is 12.9. The molecule has 18 heavy (non-hydrogen) atoms. The fourth-order valence-electron chi connectivity index (χ4n) is 1.26. The molecule has 104 valence electrons. The van der Waals surface area contributed by atoms with Gasteiger partial charge in [0.05, 0.1) is 6.04 Å². The molecule has 0 bridgehead atoms. The molecule has 0 radical (unpaired) electrons. The van der Waals surface area contributed by atoms with E-state index in [1.54, 1.807) is 5.32 Å². The molecule has 0 spiro atoms. The highest BCUT2D eigenvalue weighted by molar-refractivity contribution is 5.93. The molecular weight excluding hydrogens is 249 g/mol. The van der Waals surface area contributed by atoms with E-state index >= 15 is 0 Å². The summed E-state index contributed by atoms with van der Waals surface area (Å²) in [6.45, 7) is 3.26. The highest BCUT2D eigenvalue weighted by Crippen LogP contribution is 2.14. The maximum absolute atomic E-state index is 11.8. The lowest BCUT2D eigenvalue weighted by molar-refractivity contribution is -0.173. The minimum atomic E-state index is -4.83. The van der Waals surface area contributed by atoms with Crippen LogP contribution in [0.5, 0.6) is 0 Å². The number of hydrogen-bond acceptors (Lipinski definition) is 3. The van der Waals surface area contributed by atoms with Crippen molar-refractivity contribution < 1.29 is 22.8 Å². The van der Waals surface area contributed by atoms with Gasteiger partial charge >= 0.3 is 12.1 Å². The zero-order valence-corrected chi connectivity index (χ0v) is 9.93. The van der Waals surface area contributed by atoms with E-state index in [9.17, 15) is 22.8 Å². The first-order valence-electron chi connectivity index (χ1n) is 5.56. The van der Waals surface area contributed by atoms with E-state index in [4.69, 9.17) is 5.73 Å². The van der Waals surface area contributed by atoms with Crippen LogP contribution in [0.15, 0.2) is 12.7 Å². The van der Waals surface area contributed by atoms with Crippen LogP contribution in [0.25, 0.3) is 0 Å². The Morgan fingerprint density at radius 2 is 1.89 bits per heavy atom. The summed E-state index contributed by atoms with van der Waals surface area (Å²) in [6.07, 6.45) is -1.61. The fraction of sp³-hybridized carbons (Fsp3) is 0.636. The quantitative estimate of drug-likeness (QED) is 0.514. The van der Waals surface area contributed by atoms with Gasteiger partial charge < -0.3 is 11.1 Å². The van der Waals surface area contributed by atoms with Crippen molar-refractivity contribution >= 4 is 11.7 Å². The number of carbonyl (C=O) groups excluding carboxylic acids is 2. The summed E-state index contributed by atoms with van der Waals surface area (Å²) in [7, 11) is 0. The Balaban J connectivity index is 3.56. The third kappa shape index (κ3) is 7.05. The Hall–Kier alpha value is -1.37. The smallest absolute Gasteiger partial charge is 0.348 e. The van der Waals surface area contributed by atoms with E-state index < -0.39 is 18.1 Å². The van der Waals surface area contributed by atoms with Gasteiger partial charge in [0.2, 0.25) is 0 Å². The van der Waals surface area contributed by atoms with Crippen LogP contribution in [0.4, 0.5) is 13.2 Å². The summed E-state index contributed by atoms with van der Waals surface area (Å²) in [5.41, 5.74) is 5.51. The molecule has 0 rings (SSSR count). The Kier molecular flexibility index (Phi) is 7.26. The predicted molar refractivity (Wildman–Crippen MR) is 60.7 cm³/mol. The number of nitrogens with one attached hydrogen (secondary N) is 1. The summed E-state index contributed by atoms with van der Waals surface area (Å²) >= 11 is 0. The molecule has 0 unspecified atom stereocenters. The zero-order chi connectivity index (χ0) is 14.2. The van der Waals surface area contributed by atoms with Crippen LogP contribution in [0.3, 0.4) is 0 Å². The molecule has 0 aromatic heterocycles. The van der Waals surface area contributed by atoms with Gasteiger partial charge in [0.15, 0.2) is 5.78 Å². The average molecular weight is 266 g/mol. The number of nitrogens with two attached hydrogens (primary N) is 1. The summed E-state index contributed by atoms with van der Waals surface area (Å²) in [5, 5.41) is 1.77. The van der Waals surface area contributed by atoms with Gasteiger partial charge in [-0.25, -0.2) is 0 Å². The molecule has 0 aliphatic heterocycles. The van der Waals surface area contributed by atoms with Crippen molar-refractivity contribution in [2.75, 3.05) is 6.54 Å². The van der Waals surface area contributed by atoms with Crippen molar-refractivity contribution in [2.45, 2.75) is 37.9 Å². The maximum atomic E-state index is 11.8. The third-order valence-corrected chi connectivity index (χ3v) is 2.30. The molecule has 0 saturated carbocycles. The first-order chi connectivity index (χ1) is 8.29. The van der Waals surface area contributed by atoms with Crippen LogP contribution >= 0.6 is 0 Å². The van der Waals surface area contributed by atoms with Crippen LogP contribution in [0.1, 0.15) is 25.7 Å². The lowest BCUT2D eigenvalue weighted by Gasteiger charge is -2.09. The molecule has 0 aliphatic carbocycles. The molecule has 3 N–H and O–H groups in total. The van der Waals surface area contributed by atoms with Gasteiger partial charge in [-0.3, -0.25) is 9.59 Å². The van der Waals surface area contributed by atoms with Crippen LogP contribution in [-0.4, -0.2) is 30.5 Å². The van der Waals surface area contributed by atoms with Crippen molar-refractivity contribution in [2.24, 2.45) is 5.73 Å². The minimum absolute atomic E-state index is 0.0387. The number of halogens is 3. The third-order valence-electron chi connectivity index (χ3n) is 2.30. The second-order valence-corrected chi connectivity index (χ2v) is 3.82. The fourth-order valence-corrected chi connectivity index (χ4v) is 1.26. The van der Waals surface area contributed by atoms with E-state index in [0.29, 0.717) is 25.7 Å². The molecule has 1 amide bonds. The van der Waals surface area contributed by atoms with Crippen molar-refractivity contribution in [3.8, 4) is 0 Å². The van der Waals surface area contributed by atoms with Gasteiger partial charge in [0, 0.05) is 6.54 Å². The van der Waals surface area contributed by atoms with Crippen molar-refractivity contribution in [3.63, 3.8) is 0 Å². The number of carbonyl (C=O) groups is 2. The van der Waals surface area contributed by atoms with Crippen LogP contribution in [0, 0.1) is 0 Å². The first kappa shape index (κ1) is 16.6. The number of amides is 1. The highest BCUT2D eigenvalue weighted by atomic mass is 19.4. The lowest BCUT2D eigenvalue weighted by Crippen LogP contribution is -2.37. The van der Waals surface area contributed by atoms with E-state index in [2.05, 4.69) is 6.58 Å². The van der Waals surface area contributed by atoms with E-state index in [1.165, 1.54) is 0 Å². The van der Waals surface area contributed by atoms with Crippen LogP contribution < -0.4 is 11.1 Å². The van der Waals surface area contributed by atoms with E-state index in [1.807, 2.05) is 0 Å². The molecular formula is C11H17F3N2O2. The summed E-state index contributed by atoms with van der Waals surface area (Å²) in [4.78, 5) is 21.4. The molecule has 0 aliphatic rings. The van der Waals surface area contributed by atoms with E-state index in [0.717, 1.165) is 6.08 Å². The topological polar surface area (TPSA) is 72.2 Å². The molecule has 4 nitrogen and oxygen atoms in total. The molecule has 0 aromatic rings. The number of rotatable bonds is 8. The maximum Gasteiger partial charge on any atom is 0.471 e. The van der Waals surface area contributed by atoms with Crippen LogP contribution in [-0.2, 0) is 9.59 Å². The van der Waals surface area contributed by atoms with Gasteiger partial charge in [-0.1, -0.05) is 19.4 Å². The largest absolute Gasteiger partial charge is 0.471 e. The van der Waals surface area contributed by atoms with Gasteiger partial charge in [0.1, 0.15) is 0 Å². The summed E-state index contributed by atoms with van der Waals surface area (Å²) < 4.78 is 35.3. The van der Waals surface area contributed by atoms with Gasteiger partial charge in [0.25, 0.3) is 0 Å². The Bertz CT molecular complexity index is 303. The van der Waals surface area contributed by atoms with Crippen molar-refractivity contribution in [1.29, 1.82) is 0 Å². The predicted octanol–water partition coefficient (Wildman–Crippen LogP) is 1.31. The Morgan fingerprint density at radius 1 is 1.28 bits per heavy atom. The molecule has 0 heterocycles. The van der Waals surface area contributed by atoms with Gasteiger partial charge in [-0.2, -0.15) is 13.2 Å². The second kappa shape index (κ2) is 7.86. The summed E-state index contributed by atoms with van der Waals surface area (Å²) in [5.74, 6) is -2.18. The van der Waals surface area contributed by atoms with Gasteiger partial charge in [-0.15, -0.1) is 0 Å². The summed E-state index contributed by atoms with van der Waals surface area (Å²) in [6, 6.07) is -0.604. The molecule has 0 fully saturated rings. The zero-order valence-electron chi connectivity index (χ0n) is 9.93. The standard InChI is InChI=1S/C11H17F3N2O2/c1-2-9(17)8(15)6-4-3-5-7-16-10(18)11(12,13)14/h2,8H,1,3-7,15H2,(H,16,18)/t8-/m1/s1. The van der Waals surface area contributed by atoms with Crippen molar-refractivity contribution in [1.82, 2.24) is 5.32 Å². The Morgan fingerprint density at radius 3 is 2.39 bits per heavy atom. The van der Waals surface area contributed by atoms with Gasteiger partial charge in [-0.05, 0) is 18.9 Å². The number of alkyl halides is 3. The number of ketones is 1. The highest BCUT2D eigenvalue weighted by Gasteiger charge is 2.38. The molecule has 0 aromatic carbocycles. The average Bonchev–Trinajstić information content (AvgIpc) is 2.30. The molecule has 1 atom stereocenters. The second-order valence-electron chi connectivity index (χ2n) is 3.82. The van der Waals surface area contributed by atoms with Crippen LogP contribution in [0.2, 0.25) is 0 Å². The molecule has 0 saturated heterocycles. The number of unbranched alkanes of at least 4 members (excludes halogenated alkanes) is 2. The van der Waals surface area contributed by atoms with Crippen molar-refractivity contribution in [3.05, 3.63) is 12.7 Å². The molecule has 7 heteroatoms. The SMILES string of the molecule is C=CC(=O)[C@H](N)CCCCCNC(=O)C(F)(F)F. The van der Waals surface area contributed by atoms with E-state index in [-0.39, 0.29) is 12.3 Å². The first-order valence-corrected chi connectivity index (χ1v) is 5.56. The number of hydrogen-bond donors (Lipinski definition) is 2. The minimum Gasteiger partial charge on any atom is -0.348 e.